The number of aliphatic carboxylic acids is 1. The quantitative estimate of drug-likeness (QED) is 0.866. The summed E-state index contributed by atoms with van der Waals surface area (Å²) in [5.74, 6) is -2.13. The lowest BCUT2D eigenvalue weighted by atomic mass is 9.92. The molecule has 1 aliphatic heterocycles. The lowest BCUT2D eigenvalue weighted by molar-refractivity contribution is -0.143. The van der Waals surface area contributed by atoms with Gasteiger partial charge in [-0.25, -0.2) is 9.18 Å². The zero-order chi connectivity index (χ0) is 15.8. The van der Waals surface area contributed by atoms with Gasteiger partial charge in [0.05, 0.1) is 11.3 Å². The van der Waals surface area contributed by atoms with Gasteiger partial charge < -0.3 is 10.0 Å². The van der Waals surface area contributed by atoms with Crippen LogP contribution in [0.15, 0.2) is 18.2 Å². The normalized spacial score (nSPS) is 22.6. The van der Waals surface area contributed by atoms with E-state index in [4.69, 9.17) is 0 Å². The maximum Gasteiger partial charge on any atom is 0.416 e. The van der Waals surface area contributed by atoms with Crippen LogP contribution in [0.5, 0.6) is 0 Å². The number of nitrogens with zero attached hydrogens (tertiary/aromatic N) is 1. The molecule has 0 saturated carbocycles. The maximum atomic E-state index is 14.0. The number of halogens is 4. The highest BCUT2D eigenvalue weighted by atomic mass is 19.4. The molecule has 1 heterocycles. The Morgan fingerprint density at radius 1 is 1.43 bits per heavy atom. The Morgan fingerprint density at radius 3 is 2.57 bits per heavy atom. The van der Waals surface area contributed by atoms with E-state index in [1.807, 2.05) is 0 Å². The molecule has 0 radical (unpaired) electrons. The Bertz CT molecular complexity index is 558. The monoisotopic (exact) mass is 305 g/mol. The molecule has 1 fully saturated rings. The summed E-state index contributed by atoms with van der Waals surface area (Å²) in [6, 6.07) is 2.20. The average Bonchev–Trinajstić information content (AvgIpc) is 2.82. The highest BCUT2D eigenvalue weighted by Crippen LogP contribution is 2.39. The summed E-state index contributed by atoms with van der Waals surface area (Å²) in [5.41, 5.74) is -2.43. The number of carboxylic acid groups (broad SMARTS) is 1. The first kappa shape index (κ1) is 15.6. The fraction of sp³-hybridized carbons (Fsp3) is 0.500. The van der Waals surface area contributed by atoms with Gasteiger partial charge in [-0.2, -0.15) is 13.2 Å². The van der Waals surface area contributed by atoms with Crippen molar-refractivity contribution in [3.05, 3.63) is 29.6 Å². The predicted molar refractivity (Wildman–Crippen MR) is 68.6 cm³/mol. The second-order valence-corrected chi connectivity index (χ2v) is 5.11. The first-order valence-electron chi connectivity index (χ1n) is 6.60. The number of benzene rings is 1. The topological polar surface area (TPSA) is 40.5 Å². The van der Waals surface area contributed by atoms with Crippen LogP contribution in [-0.4, -0.2) is 23.2 Å². The van der Waals surface area contributed by atoms with Crippen molar-refractivity contribution < 1.29 is 27.5 Å². The first-order valence-corrected chi connectivity index (χ1v) is 6.60. The van der Waals surface area contributed by atoms with Gasteiger partial charge in [0.2, 0.25) is 0 Å². The molecule has 21 heavy (non-hydrogen) atoms. The molecule has 1 aliphatic rings. The van der Waals surface area contributed by atoms with Crippen LogP contribution in [-0.2, 0) is 11.0 Å². The molecule has 1 unspecified atom stereocenters. The molecule has 3 nitrogen and oxygen atoms in total. The molecule has 2 rings (SSSR count). The molecular weight excluding hydrogens is 290 g/mol. The molecule has 116 valence electrons. The van der Waals surface area contributed by atoms with Crippen LogP contribution in [0.1, 0.15) is 31.7 Å². The summed E-state index contributed by atoms with van der Waals surface area (Å²) < 4.78 is 51.7. The van der Waals surface area contributed by atoms with E-state index in [9.17, 15) is 27.5 Å². The van der Waals surface area contributed by atoms with Gasteiger partial charge in [0.15, 0.2) is 0 Å². The minimum Gasteiger partial charge on any atom is -0.479 e. The van der Waals surface area contributed by atoms with Crippen LogP contribution < -0.4 is 4.90 Å². The molecule has 1 aromatic rings. The molecule has 1 aromatic carbocycles. The van der Waals surface area contributed by atoms with Crippen molar-refractivity contribution in [2.75, 3.05) is 11.4 Å². The number of carbonyl (C=O) groups is 1. The van der Waals surface area contributed by atoms with Crippen molar-refractivity contribution in [3.8, 4) is 0 Å². The number of anilines is 1. The number of alkyl halides is 3. The van der Waals surface area contributed by atoms with Crippen LogP contribution in [0, 0.1) is 5.82 Å². The van der Waals surface area contributed by atoms with Crippen molar-refractivity contribution in [3.63, 3.8) is 0 Å². The van der Waals surface area contributed by atoms with Gasteiger partial charge in [-0.05, 0) is 37.5 Å². The SMILES string of the molecule is CCC1(C(=O)O)CCCN1c1ccc(C(F)(F)F)cc1F. The third-order valence-electron chi connectivity index (χ3n) is 4.04. The molecule has 7 heteroatoms. The Labute approximate surface area is 119 Å². The standard InChI is InChI=1S/C14H15F4NO2/c1-2-13(12(20)21)6-3-7-19(13)11-5-4-9(8-10(11)15)14(16,17)18/h4-5,8H,2-3,6-7H2,1H3,(H,20,21). The van der Waals surface area contributed by atoms with Gasteiger partial charge in [-0.15, -0.1) is 0 Å². The predicted octanol–water partition coefficient (Wildman–Crippen LogP) is 3.68. The number of carboxylic acids is 1. The zero-order valence-corrected chi connectivity index (χ0v) is 11.4. The van der Waals surface area contributed by atoms with Gasteiger partial charge in [0.25, 0.3) is 0 Å². The molecule has 1 N–H and O–H groups in total. The highest BCUT2D eigenvalue weighted by Gasteiger charge is 2.47. The van der Waals surface area contributed by atoms with E-state index in [2.05, 4.69) is 0 Å². The highest BCUT2D eigenvalue weighted by molar-refractivity contribution is 5.84. The van der Waals surface area contributed by atoms with Crippen molar-refractivity contribution in [2.24, 2.45) is 0 Å². The summed E-state index contributed by atoms with van der Waals surface area (Å²) in [5, 5.41) is 9.43. The Kier molecular flexibility index (Phi) is 3.86. The molecule has 0 aromatic heterocycles. The number of rotatable bonds is 3. The van der Waals surface area contributed by atoms with E-state index < -0.39 is 29.1 Å². The van der Waals surface area contributed by atoms with Gasteiger partial charge in [-0.1, -0.05) is 6.92 Å². The minimum absolute atomic E-state index is 0.0928. The van der Waals surface area contributed by atoms with E-state index in [-0.39, 0.29) is 12.1 Å². The summed E-state index contributed by atoms with van der Waals surface area (Å²) in [4.78, 5) is 12.9. The largest absolute Gasteiger partial charge is 0.479 e. The van der Waals surface area contributed by atoms with Crippen LogP contribution >= 0.6 is 0 Å². The van der Waals surface area contributed by atoms with Crippen LogP contribution in [0.25, 0.3) is 0 Å². The van der Waals surface area contributed by atoms with Crippen LogP contribution in [0.3, 0.4) is 0 Å². The third kappa shape index (κ3) is 2.56. The Hall–Kier alpha value is -1.79. The van der Waals surface area contributed by atoms with Crippen molar-refractivity contribution in [1.29, 1.82) is 0 Å². The number of hydrogen-bond donors (Lipinski definition) is 1. The molecule has 0 bridgehead atoms. The second-order valence-electron chi connectivity index (χ2n) is 5.11. The second kappa shape index (κ2) is 5.20. The molecule has 1 atom stereocenters. The summed E-state index contributed by atoms with van der Waals surface area (Å²) >= 11 is 0. The molecule has 0 aliphatic carbocycles. The van der Waals surface area contributed by atoms with Gasteiger partial charge >= 0.3 is 12.1 Å². The zero-order valence-electron chi connectivity index (χ0n) is 11.4. The summed E-state index contributed by atoms with van der Waals surface area (Å²) in [6.07, 6.45) is -3.47. The molecule has 1 saturated heterocycles. The Morgan fingerprint density at radius 2 is 2.10 bits per heavy atom. The summed E-state index contributed by atoms with van der Waals surface area (Å²) in [6.45, 7) is 1.98. The van der Waals surface area contributed by atoms with Crippen molar-refractivity contribution in [2.45, 2.75) is 37.9 Å². The van der Waals surface area contributed by atoms with E-state index in [0.29, 0.717) is 25.5 Å². The minimum atomic E-state index is -4.63. The summed E-state index contributed by atoms with van der Waals surface area (Å²) in [7, 11) is 0. The lowest BCUT2D eigenvalue weighted by Crippen LogP contribution is -2.50. The van der Waals surface area contributed by atoms with Crippen LogP contribution in [0.2, 0.25) is 0 Å². The number of hydrogen-bond acceptors (Lipinski definition) is 2. The van der Waals surface area contributed by atoms with E-state index in [1.54, 1.807) is 6.92 Å². The fourth-order valence-corrected chi connectivity index (χ4v) is 2.87. The first-order chi connectivity index (χ1) is 9.72. The van der Waals surface area contributed by atoms with Gasteiger partial charge in [0, 0.05) is 6.54 Å². The maximum absolute atomic E-state index is 14.0. The Balaban J connectivity index is 2.44. The molecular formula is C14H15F4NO2. The average molecular weight is 305 g/mol. The van der Waals surface area contributed by atoms with Crippen LogP contribution in [0.4, 0.5) is 23.2 Å². The van der Waals surface area contributed by atoms with Crippen molar-refractivity contribution >= 4 is 11.7 Å². The van der Waals surface area contributed by atoms with E-state index in [1.165, 1.54) is 4.90 Å². The smallest absolute Gasteiger partial charge is 0.416 e. The van der Waals surface area contributed by atoms with E-state index in [0.717, 1.165) is 12.1 Å². The molecule has 0 spiro atoms. The fourth-order valence-electron chi connectivity index (χ4n) is 2.87. The molecule has 0 amide bonds. The van der Waals surface area contributed by atoms with Crippen molar-refractivity contribution in [1.82, 2.24) is 0 Å². The van der Waals surface area contributed by atoms with E-state index >= 15 is 0 Å². The van der Waals surface area contributed by atoms with Gasteiger partial charge in [-0.3, -0.25) is 0 Å². The lowest BCUT2D eigenvalue weighted by Gasteiger charge is -2.36. The van der Waals surface area contributed by atoms with Gasteiger partial charge in [0.1, 0.15) is 11.4 Å². The third-order valence-corrected chi connectivity index (χ3v) is 4.04.